The Kier molecular flexibility index (Phi) is 10.7. The summed E-state index contributed by atoms with van der Waals surface area (Å²) in [6.45, 7) is 5.80. The van der Waals surface area contributed by atoms with Crippen molar-refractivity contribution in [2.24, 2.45) is 10.7 Å². The van der Waals surface area contributed by atoms with Gasteiger partial charge in [0.15, 0.2) is 0 Å². The maximum Gasteiger partial charge on any atom is 0.128 e. The van der Waals surface area contributed by atoms with Crippen LogP contribution >= 0.6 is 0 Å². The maximum absolute atomic E-state index is 13.9. The molecule has 2 rings (SSSR count). The summed E-state index contributed by atoms with van der Waals surface area (Å²) in [7, 11) is 1.89. The number of quaternary nitrogens is 1. The van der Waals surface area contributed by atoms with Crippen molar-refractivity contribution >= 4 is 16.6 Å². The summed E-state index contributed by atoms with van der Waals surface area (Å²) in [4.78, 5) is 8.38. The molecule has 4 unspecified atom stereocenters. The van der Waals surface area contributed by atoms with Crippen molar-refractivity contribution in [3.63, 3.8) is 0 Å². The Morgan fingerprint density at radius 3 is 2.32 bits per heavy atom. The van der Waals surface area contributed by atoms with Crippen LogP contribution in [0.2, 0.25) is 0 Å². The van der Waals surface area contributed by atoms with Crippen LogP contribution in [0.15, 0.2) is 29.3 Å². The predicted molar refractivity (Wildman–Crippen MR) is 99.9 cm³/mol. The molecule has 5 N–H and O–H groups in total. The van der Waals surface area contributed by atoms with E-state index in [0.717, 1.165) is 0 Å². The number of nitrogens with zero attached hydrogens (tertiary/aromatic N) is 1. The molecule has 1 aromatic carbocycles. The fourth-order valence-corrected chi connectivity index (χ4v) is 3.18. The summed E-state index contributed by atoms with van der Waals surface area (Å²) < 4.78 is 30.6. The monoisotopic (exact) mass is 376 g/mol. The minimum absolute atomic E-state index is 0.292. The number of methoxy groups -OCH3 is 1. The second kappa shape index (κ2) is 11.3. The molecule has 0 bridgehead atoms. The molecule has 0 amide bonds. The van der Waals surface area contributed by atoms with Crippen molar-refractivity contribution in [1.82, 2.24) is 0 Å². The van der Waals surface area contributed by atoms with E-state index in [4.69, 9.17) is 10.5 Å². The van der Waals surface area contributed by atoms with Crippen LogP contribution in [0.3, 0.4) is 0 Å². The van der Waals surface area contributed by atoms with Crippen LogP contribution in [0, 0.1) is 5.82 Å². The molecule has 6 nitrogen and oxygen atoms in total. The number of hydrogen-bond donors (Lipinski definition) is 2. The summed E-state index contributed by atoms with van der Waals surface area (Å²) in [6.07, 6.45) is 1.69. The van der Waals surface area contributed by atoms with Crippen LogP contribution in [-0.4, -0.2) is 41.4 Å². The van der Waals surface area contributed by atoms with Crippen LogP contribution in [-0.2, 0) is 20.4 Å². The van der Waals surface area contributed by atoms with Crippen molar-refractivity contribution in [1.29, 1.82) is 0 Å². The van der Waals surface area contributed by atoms with E-state index in [1.165, 1.54) is 13.2 Å². The quantitative estimate of drug-likeness (QED) is 0.782. The Labute approximate surface area is 152 Å². The number of nitrogens with two attached hydrogens (primary N) is 1. The molecule has 4 atom stereocenters. The van der Waals surface area contributed by atoms with Crippen LogP contribution < -0.4 is 11.6 Å². The highest BCUT2D eigenvalue weighted by atomic mass is 32.2. The summed E-state index contributed by atoms with van der Waals surface area (Å²) in [5.41, 5.74) is 6.44. The summed E-state index contributed by atoms with van der Waals surface area (Å²) >= 11 is 0. The van der Waals surface area contributed by atoms with Gasteiger partial charge in [-0.05, 0) is 19.4 Å². The normalized spacial score (nSPS) is 26.3. The van der Waals surface area contributed by atoms with Gasteiger partial charge < -0.3 is 10.5 Å². The lowest BCUT2D eigenvalue weighted by Crippen LogP contribution is -2.51. The van der Waals surface area contributed by atoms with Gasteiger partial charge in [-0.2, -0.15) is 0 Å². The average molecular weight is 377 g/mol. The minimum Gasteiger partial charge on any atom is -0.386 e. The third-order valence-corrected chi connectivity index (χ3v) is 5.57. The number of halogens is 1. The number of rotatable bonds is 3. The fourth-order valence-electron chi connectivity index (χ4n) is 2.43. The SMILES string of the molecule is CC.COC1CC(C)(S(C)=O)C(N)=NC1c1ccccc1F.CO[NH3+]. The zero-order chi connectivity index (χ0) is 19.6. The zero-order valence-corrected chi connectivity index (χ0v) is 16.7. The van der Waals surface area contributed by atoms with Crippen molar-refractivity contribution in [3.05, 3.63) is 35.6 Å². The molecule has 8 heteroatoms. The number of amidine groups is 1. The first-order valence-electron chi connectivity index (χ1n) is 8.04. The van der Waals surface area contributed by atoms with E-state index in [2.05, 4.69) is 15.7 Å². The summed E-state index contributed by atoms with van der Waals surface area (Å²) in [6, 6.07) is 5.94. The van der Waals surface area contributed by atoms with Gasteiger partial charge in [0.1, 0.15) is 22.4 Å². The van der Waals surface area contributed by atoms with E-state index in [-0.39, 0.29) is 11.9 Å². The molecule has 25 heavy (non-hydrogen) atoms. The molecule has 0 spiro atoms. The van der Waals surface area contributed by atoms with Crippen molar-refractivity contribution < 1.29 is 24.1 Å². The first-order valence-corrected chi connectivity index (χ1v) is 9.60. The number of ether oxygens (including phenoxy) is 1. The largest absolute Gasteiger partial charge is 0.386 e. The highest BCUT2D eigenvalue weighted by Gasteiger charge is 2.44. The molecule has 1 aliphatic rings. The third-order valence-electron chi connectivity index (χ3n) is 3.92. The molecule has 1 heterocycles. The topological polar surface area (TPSA) is 102 Å². The smallest absolute Gasteiger partial charge is 0.128 e. The van der Waals surface area contributed by atoms with E-state index < -0.39 is 21.6 Å². The van der Waals surface area contributed by atoms with Crippen LogP contribution in [0.25, 0.3) is 0 Å². The molecule has 1 aromatic rings. The predicted octanol–water partition coefficient (Wildman–Crippen LogP) is 1.60. The van der Waals surface area contributed by atoms with Crippen molar-refractivity contribution in [3.8, 4) is 0 Å². The Bertz CT molecular complexity index is 586. The third kappa shape index (κ3) is 5.85. The Balaban J connectivity index is 0.00000104. The number of aliphatic imine (C=N–C) groups is 1. The standard InChI is InChI=1S/C14H19FN2O2S.C2H6.CH6NO/c1-14(20(3)18)8-11(19-2)12(17-13(14)16)9-6-4-5-7-10(9)15;1-2;1-3-2/h4-7,11-12H,8H2,1-3H3,(H2,16,17);1-2H3;1-2H3/q;;+1. The molecule has 0 radical (unpaired) electrons. The van der Waals surface area contributed by atoms with E-state index in [1.54, 1.807) is 38.5 Å². The molecule has 0 aromatic heterocycles. The van der Waals surface area contributed by atoms with E-state index in [0.29, 0.717) is 17.8 Å². The first-order chi connectivity index (χ1) is 11.8. The summed E-state index contributed by atoms with van der Waals surface area (Å²) in [5.74, 6) is 2.94. The van der Waals surface area contributed by atoms with Gasteiger partial charge in [-0.1, -0.05) is 32.0 Å². The Morgan fingerprint density at radius 2 is 1.88 bits per heavy atom. The molecule has 144 valence electrons. The maximum atomic E-state index is 13.9. The summed E-state index contributed by atoms with van der Waals surface area (Å²) in [5, 5.41) is 0. The van der Waals surface area contributed by atoms with Gasteiger partial charge in [-0.15, -0.1) is 0 Å². The Morgan fingerprint density at radius 1 is 1.36 bits per heavy atom. The Hall–Kier alpha value is -1.35. The number of benzene rings is 1. The van der Waals surface area contributed by atoms with E-state index >= 15 is 0 Å². The zero-order valence-electron chi connectivity index (χ0n) is 15.9. The van der Waals surface area contributed by atoms with Gasteiger partial charge >= 0.3 is 0 Å². The van der Waals surface area contributed by atoms with Crippen LogP contribution in [0.1, 0.15) is 38.8 Å². The van der Waals surface area contributed by atoms with Crippen LogP contribution in [0.5, 0.6) is 0 Å². The van der Waals surface area contributed by atoms with Crippen molar-refractivity contribution in [2.75, 3.05) is 20.5 Å². The van der Waals surface area contributed by atoms with Gasteiger partial charge in [-0.3, -0.25) is 9.20 Å². The molecular formula is C17H31FN3O3S+. The second-order valence-electron chi connectivity index (χ2n) is 5.43. The molecule has 1 aliphatic heterocycles. The fraction of sp³-hybridized carbons (Fsp3) is 0.588. The molecule has 0 saturated heterocycles. The molecule has 0 fully saturated rings. The number of hydrogen-bond acceptors (Lipinski definition) is 5. The molecular weight excluding hydrogens is 345 g/mol. The highest BCUT2D eigenvalue weighted by Crippen LogP contribution is 2.37. The lowest BCUT2D eigenvalue weighted by molar-refractivity contribution is -0.679. The lowest BCUT2D eigenvalue weighted by atomic mass is 9.89. The van der Waals surface area contributed by atoms with Gasteiger partial charge in [-0.25, -0.2) is 15.1 Å². The molecule has 0 saturated carbocycles. The average Bonchev–Trinajstić information content (AvgIpc) is 2.60. The van der Waals surface area contributed by atoms with Gasteiger partial charge in [0, 0.05) is 29.7 Å². The highest BCUT2D eigenvalue weighted by molar-refractivity contribution is 7.86. The first kappa shape index (κ1) is 23.6. The molecule has 0 aliphatic carbocycles. The minimum atomic E-state index is -1.18. The van der Waals surface area contributed by atoms with E-state index in [9.17, 15) is 8.60 Å². The second-order valence-corrected chi connectivity index (χ2v) is 7.24. The van der Waals surface area contributed by atoms with Gasteiger partial charge in [0.25, 0.3) is 0 Å². The van der Waals surface area contributed by atoms with E-state index in [1.807, 2.05) is 13.8 Å². The van der Waals surface area contributed by atoms with Crippen molar-refractivity contribution in [2.45, 2.75) is 44.1 Å². The van der Waals surface area contributed by atoms with Gasteiger partial charge in [0.2, 0.25) is 0 Å². The van der Waals surface area contributed by atoms with Gasteiger partial charge in [0.05, 0.1) is 13.2 Å². The lowest BCUT2D eigenvalue weighted by Gasteiger charge is -2.38. The van der Waals surface area contributed by atoms with Crippen LogP contribution in [0.4, 0.5) is 4.39 Å².